The van der Waals surface area contributed by atoms with E-state index in [2.05, 4.69) is 5.32 Å². The first kappa shape index (κ1) is 18.9. The number of hydrogen-bond acceptors (Lipinski definition) is 3. The van der Waals surface area contributed by atoms with E-state index in [0.29, 0.717) is 5.69 Å². The van der Waals surface area contributed by atoms with Crippen molar-refractivity contribution in [2.75, 3.05) is 22.4 Å². The molecule has 0 unspecified atom stereocenters. The van der Waals surface area contributed by atoms with Crippen LogP contribution >= 0.6 is 0 Å². The normalized spacial score (nSPS) is 11.2. The van der Waals surface area contributed by atoms with Crippen molar-refractivity contribution in [3.63, 3.8) is 0 Å². The standard InChI is InChI=1S/C18H21FN2O3S/c1-13-7-6-10-17(14(13)2)21(25(3,23)24)12-11-18(22)20-16-9-5-4-8-15(16)19/h4-10H,11-12H2,1-3H3,(H,20,22). The number of nitrogens with one attached hydrogen (secondary N) is 1. The molecule has 1 N–H and O–H groups in total. The summed E-state index contributed by atoms with van der Waals surface area (Å²) in [6.45, 7) is 3.70. The van der Waals surface area contributed by atoms with Crippen molar-refractivity contribution in [1.82, 2.24) is 0 Å². The first-order chi connectivity index (χ1) is 11.7. The van der Waals surface area contributed by atoms with Gasteiger partial charge < -0.3 is 5.32 Å². The molecule has 0 saturated carbocycles. The lowest BCUT2D eigenvalue weighted by Gasteiger charge is -2.24. The zero-order valence-electron chi connectivity index (χ0n) is 14.4. The predicted octanol–water partition coefficient (Wildman–Crippen LogP) is 3.24. The molecule has 7 heteroatoms. The Kier molecular flexibility index (Phi) is 5.79. The molecule has 2 aromatic rings. The van der Waals surface area contributed by atoms with Gasteiger partial charge in [0.05, 0.1) is 17.6 Å². The Bertz CT molecular complexity index is 882. The number of nitrogens with zero attached hydrogens (tertiary/aromatic N) is 1. The lowest BCUT2D eigenvalue weighted by Crippen LogP contribution is -2.33. The molecule has 0 aliphatic carbocycles. The third-order valence-electron chi connectivity index (χ3n) is 3.93. The van der Waals surface area contributed by atoms with E-state index in [1.165, 1.54) is 22.5 Å². The summed E-state index contributed by atoms with van der Waals surface area (Å²) in [6, 6.07) is 11.2. The Morgan fingerprint density at radius 3 is 2.44 bits per heavy atom. The summed E-state index contributed by atoms with van der Waals surface area (Å²) in [7, 11) is -3.55. The highest BCUT2D eigenvalue weighted by atomic mass is 32.2. The van der Waals surface area contributed by atoms with Crippen LogP contribution < -0.4 is 9.62 Å². The quantitative estimate of drug-likeness (QED) is 0.856. The van der Waals surface area contributed by atoms with Gasteiger partial charge >= 0.3 is 0 Å². The summed E-state index contributed by atoms with van der Waals surface area (Å²) in [5.41, 5.74) is 2.41. The number of halogens is 1. The summed E-state index contributed by atoms with van der Waals surface area (Å²) in [6.07, 6.45) is 1.01. The average molecular weight is 364 g/mol. The maximum atomic E-state index is 13.6. The van der Waals surface area contributed by atoms with Gasteiger partial charge in [0.1, 0.15) is 5.82 Å². The van der Waals surface area contributed by atoms with E-state index in [-0.39, 0.29) is 18.7 Å². The van der Waals surface area contributed by atoms with Gasteiger partial charge in [-0.3, -0.25) is 9.10 Å². The number of anilines is 2. The molecule has 0 heterocycles. The van der Waals surface area contributed by atoms with Crippen molar-refractivity contribution in [3.8, 4) is 0 Å². The zero-order chi connectivity index (χ0) is 18.6. The Morgan fingerprint density at radius 1 is 1.12 bits per heavy atom. The summed E-state index contributed by atoms with van der Waals surface area (Å²) >= 11 is 0. The van der Waals surface area contributed by atoms with E-state index in [1.807, 2.05) is 19.9 Å². The maximum Gasteiger partial charge on any atom is 0.232 e. The lowest BCUT2D eigenvalue weighted by atomic mass is 10.1. The molecular weight excluding hydrogens is 343 g/mol. The van der Waals surface area contributed by atoms with Crippen LogP contribution in [0.3, 0.4) is 0 Å². The minimum atomic E-state index is -3.55. The molecule has 0 spiro atoms. The number of rotatable bonds is 6. The number of sulfonamides is 1. The second kappa shape index (κ2) is 7.65. The summed E-state index contributed by atoms with van der Waals surface area (Å²) in [4.78, 5) is 12.1. The minimum absolute atomic E-state index is 0.0244. The van der Waals surface area contributed by atoms with Crippen LogP contribution in [0.1, 0.15) is 17.5 Å². The van der Waals surface area contributed by atoms with Crippen LogP contribution in [0.15, 0.2) is 42.5 Å². The molecule has 2 aromatic carbocycles. The number of benzene rings is 2. The molecule has 5 nitrogen and oxygen atoms in total. The highest BCUT2D eigenvalue weighted by Crippen LogP contribution is 2.25. The molecule has 0 radical (unpaired) electrons. The number of amides is 1. The molecule has 0 saturated heterocycles. The molecule has 0 atom stereocenters. The fraction of sp³-hybridized carbons (Fsp3) is 0.278. The van der Waals surface area contributed by atoms with Crippen LogP contribution in [0.2, 0.25) is 0 Å². The number of aryl methyl sites for hydroxylation is 1. The Balaban J connectivity index is 2.15. The Morgan fingerprint density at radius 2 is 1.80 bits per heavy atom. The van der Waals surface area contributed by atoms with Crippen molar-refractivity contribution in [1.29, 1.82) is 0 Å². The third kappa shape index (κ3) is 4.79. The van der Waals surface area contributed by atoms with Gasteiger partial charge in [-0.15, -0.1) is 0 Å². The van der Waals surface area contributed by atoms with E-state index in [9.17, 15) is 17.6 Å². The fourth-order valence-electron chi connectivity index (χ4n) is 2.45. The van der Waals surface area contributed by atoms with Gasteiger partial charge in [-0.2, -0.15) is 0 Å². The molecule has 0 aromatic heterocycles. The second-order valence-corrected chi connectivity index (χ2v) is 7.74. The van der Waals surface area contributed by atoms with Gasteiger partial charge in [-0.05, 0) is 43.2 Å². The molecule has 0 bridgehead atoms. The summed E-state index contributed by atoms with van der Waals surface area (Å²) in [5.74, 6) is -0.991. The predicted molar refractivity (Wildman–Crippen MR) is 97.8 cm³/mol. The van der Waals surface area contributed by atoms with Crippen LogP contribution in [0.4, 0.5) is 15.8 Å². The van der Waals surface area contributed by atoms with Crippen LogP contribution in [-0.4, -0.2) is 27.1 Å². The largest absolute Gasteiger partial charge is 0.324 e. The van der Waals surface area contributed by atoms with Crippen LogP contribution in [0.5, 0.6) is 0 Å². The van der Waals surface area contributed by atoms with E-state index >= 15 is 0 Å². The van der Waals surface area contributed by atoms with Gasteiger partial charge in [-0.1, -0.05) is 24.3 Å². The monoisotopic (exact) mass is 364 g/mol. The van der Waals surface area contributed by atoms with Crippen LogP contribution in [0, 0.1) is 19.7 Å². The lowest BCUT2D eigenvalue weighted by molar-refractivity contribution is -0.116. The second-order valence-electron chi connectivity index (χ2n) is 5.83. The first-order valence-electron chi connectivity index (χ1n) is 7.78. The van der Waals surface area contributed by atoms with Gasteiger partial charge in [0, 0.05) is 13.0 Å². The van der Waals surface area contributed by atoms with Gasteiger partial charge in [0.2, 0.25) is 15.9 Å². The highest BCUT2D eigenvalue weighted by Gasteiger charge is 2.21. The molecule has 25 heavy (non-hydrogen) atoms. The number of carbonyl (C=O) groups is 1. The van der Waals surface area contributed by atoms with Crippen molar-refractivity contribution >= 4 is 27.3 Å². The zero-order valence-corrected chi connectivity index (χ0v) is 15.2. The summed E-state index contributed by atoms with van der Waals surface area (Å²) < 4.78 is 39.1. The average Bonchev–Trinajstić information content (AvgIpc) is 2.52. The van der Waals surface area contributed by atoms with E-state index in [1.54, 1.807) is 18.2 Å². The molecule has 0 fully saturated rings. The van der Waals surface area contributed by atoms with Gasteiger partial charge in [0.25, 0.3) is 0 Å². The molecule has 2 rings (SSSR count). The molecule has 1 amide bonds. The van der Waals surface area contributed by atoms with E-state index in [4.69, 9.17) is 0 Å². The molecule has 0 aliphatic rings. The van der Waals surface area contributed by atoms with Gasteiger partial charge in [0.15, 0.2) is 0 Å². The van der Waals surface area contributed by atoms with Crippen LogP contribution in [-0.2, 0) is 14.8 Å². The first-order valence-corrected chi connectivity index (χ1v) is 9.63. The minimum Gasteiger partial charge on any atom is -0.324 e. The Labute approximate surface area is 147 Å². The Hall–Kier alpha value is -2.41. The van der Waals surface area contributed by atoms with E-state index in [0.717, 1.165) is 17.4 Å². The van der Waals surface area contributed by atoms with Crippen molar-refractivity contribution < 1.29 is 17.6 Å². The number of carbonyl (C=O) groups excluding carboxylic acids is 1. The smallest absolute Gasteiger partial charge is 0.232 e. The maximum absolute atomic E-state index is 13.6. The SMILES string of the molecule is Cc1cccc(N(CCC(=O)Nc2ccccc2F)S(C)(=O)=O)c1C. The molecule has 0 aliphatic heterocycles. The topological polar surface area (TPSA) is 66.5 Å². The number of para-hydroxylation sites is 1. The molecular formula is C18H21FN2O3S. The number of hydrogen-bond donors (Lipinski definition) is 1. The third-order valence-corrected chi connectivity index (χ3v) is 5.11. The van der Waals surface area contributed by atoms with Crippen molar-refractivity contribution in [2.45, 2.75) is 20.3 Å². The van der Waals surface area contributed by atoms with Crippen LogP contribution in [0.25, 0.3) is 0 Å². The van der Waals surface area contributed by atoms with Crippen molar-refractivity contribution in [2.24, 2.45) is 0 Å². The highest BCUT2D eigenvalue weighted by molar-refractivity contribution is 7.92. The van der Waals surface area contributed by atoms with Gasteiger partial charge in [-0.25, -0.2) is 12.8 Å². The van der Waals surface area contributed by atoms with Crippen molar-refractivity contribution in [3.05, 3.63) is 59.4 Å². The fourth-order valence-corrected chi connectivity index (χ4v) is 3.43. The van der Waals surface area contributed by atoms with E-state index < -0.39 is 21.7 Å². The summed E-state index contributed by atoms with van der Waals surface area (Å²) in [5, 5.41) is 2.46. The molecule has 134 valence electrons.